The third-order valence-electron chi connectivity index (χ3n) is 4.37. The van der Waals surface area contributed by atoms with Crippen LogP contribution in [0.2, 0.25) is 0 Å². The van der Waals surface area contributed by atoms with Crippen LogP contribution in [0.4, 0.5) is 0 Å². The van der Waals surface area contributed by atoms with Crippen LogP contribution in [-0.2, 0) is 4.79 Å². The van der Waals surface area contributed by atoms with Gasteiger partial charge in [-0.1, -0.05) is 25.3 Å². The smallest absolute Gasteiger partial charge is 0.258 e. The van der Waals surface area contributed by atoms with E-state index in [9.17, 15) is 9.90 Å². The molecule has 21 heavy (non-hydrogen) atoms. The van der Waals surface area contributed by atoms with E-state index in [2.05, 4.69) is 5.32 Å². The Morgan fingerprint density at radius 3 is 2.57 bits per heavy atom. The maximum absolute atomic E-state index is 12.1. The minimum absolute atomic E-state index is 0.00236. The van der Waals surface area contributed by atoms with Crippen LogP contribution in [0.25, 0.3) is 0 Å². The molecule has 0 atom stereocenters. The Balaban J connectivity index is 1.87. The highest BCUT2D eigenvalue weighted by molar-refractivity contribution is 5.78. The van der Waals surface area contributed by atoms with Crippen LogP contribution in [0.3, 0.4) is 0 Å². The van der Waals surface area contributed by atoms with Crippen LogP contribution in [-0.4, -0.2) is 29.8 Å². The average molecular weight is 291 g/mol. The van der Waals surface area contributed by atoms with Crippen molar-refractivity contribution >= 4 is 5.91 Å². The molecule has 1 aliphatic rings. The lowest BCUT2D eigenvalue weighted by Gasteiger charge is -2.36. The number of aryl methyl sites for hydroxylation is 2. The van der Waals surface area contributed by atoms with Gasteiger partial charge in [-0.3, -0.25) is 4.79 Å². The largest absolute Gasteiger partial charge is 0.484 e. The van der Waals surface area contributed by atoms with E-state index in [1.807, 2.05) is 32.0 Å². The minimum atomic E-state index is -0.443. The second-order valence-electron chi connectivity index (χ2n) is 6.08. The predicted octanol–water partition coefficient (Wildman–Crippen LogP) is 2.49. The van der Waals surface area contributed by atoms with E-state index >= 15 is 0 Å². The highest BCUT2D eigenvalue weighted by atomic mass is 16.5. The van der Waals surface area contributed by atoms with Gasteiger partial charge >= 0.3 is 0 Å². The molecule has 1 fully saturated rings. The van der Waals surface area contributed by atoms with Crippen molar-refractivity contribution in [3.05, 3.63) is 29.3 Å². The molecule has 1 aromatic rings. The molecule has 2 N–H and O–H groups in total. The van der Waals surface area contributed by atoms with Crippen LogP contribution in [0.15, 0.2) is 18.2 Å². The molecule has 0 aliphatic heterocycles. The van der Waals surface area contributed by atoms with Crippen molar-refractivity contribution in [2.24, 2.45) is 0 Å². The number of benzene rings is 1. The summed E-state index contributed by atoms with van der Waals surface area (Å²) in [6.45, 7) is 4.05. The number of nitrogens with one attached hydrogen (secondary N) is 1. The molecule has 0 spiro atoms. The molecule has 1 aromatic carbocycles. The van der Waals surface area contributed by atoms with E-state index in [-0.39, 0.29) is 19.1 Å². The fraction of sp³-hybridized carbons (Fsp3) is 0.588. The number of rotatable bonds is 5. The molecule has 4 nitrogen and oxygen atoms in total. The summed E-state index contributed by atoms with van der Waals surface area (Å²) in [5.41, 5.74) is 1.90. The number of carbonyl (C=O) groups is 1. The second kappa shape index (κ2) is 6.94. The zero-order valence-electron chi connectivity index (χ0n) is 12.9. The fourth-order valence-electron chi connectivity index (χ4n) is 2.84. The van der Waals surface area contributed by atoms with E-state index in [4.69, 9.17) is 4.74 Å². The lowest BCUT2D eigenvalue weighted by molar-refractivity contribution is -0.126. The van der Waals surface area contributed by atoms with Gasteiger partial charge in [0.25, 0.3) is 5.91 Å². The van der Waals surface area contributed by atoms with Crippen LogP contribution < -0.4 is 10.1 Å². The number of hydrogen-bond donors (Lipinski definition) is 2. The first kappa shape index (κ1) is 15.8. The number of hydrogen-bond acceptors (Lipinski definition) is 3. The molecule has 0 saturated heterocycles. The normalized spacial score (nSPS) is 17.3. The summed E-state index contributed by atoms with van der Waals surface area (Å²) in [6, 6.07) is 5.79. The van der Waals surface area contributed by atoms with Gasteiger partial charge in [0.1, 0.15) is 5.75 Å². The Morgan fingerprint density at radius 2 is 1.95 bits per heavy atom. The van der Waals surface area contributed by atoms with E-state index in [0.717, 1.165) is 31.2 Å². The Labute approximate surface area is 126 Å². The Hall–Kier alpha value is -1.55. The van der Waals surface area contributed by atoms with Gasteiger partial charge in [-0.25, -0.2) is 0 Å². The molecule has 1 aliphatic carbocycles. The lowest BCUT2D eigenvalue weighted by atomic mass is 9.82. The number of amides is 1. The molecule has 0 bridgehead atoms. The minimum Gasteiger partial charge on any atom is -0.484 e. The quantitative estimate of drug-likeness (QED) is 0.876. The highest BCUT2D eigenvalue weighted by Crippen LogP contribution is 2.27. The highest BCUT2D eigenvalue weighted by Gasteiger charge is 2.32. The van der Waals surface area contributed by atoms with Gasteiger partial charge in [-0.2, -0.15) is 0 Å². The lowest BCUT2D eigenvalue weighted by Crippen LogP contribution is -2.53. The number of carbonyl (C=O) groups excluding carboxylic acids is 1. The molecular weight excluding hydrogens is 266 g/mol. The van der Waals surface area contributed by atoms with Crippen molar-refractivity contribution in [1.82, 2.24) is 5.32 Å². The SMILES string of the molecule is Cc1ccc(OCC(=O)NC2(CO)CCCCC2)cc1C. The predicted molar refractivity (Wildman–Crippen MR) is 82.5 cm³/mol. The fourth-order valence-corrected chi connectivity index (χ4v) is 2.84. The summed E-state index contributed by atoms with van der Waals surface area (Å²) < 4.78 is 5.54. The first-order valence-electron chi connectivity index (χ1n) is 7.67. The maximum atomic E-state index is 12.1. The molecular formula is C17H25NO3. The van der Waals surface area contributed by atoms with Gasteiger partial charge in [-0.15, -0.1) is 0 Å². The van der Waals surface area contributed by atoms with Crippen molar-refractivity contribution in [3.8, 4) is 5.75 Å². The van der Waals surface area contributed by atoms with Gasteiger partial charge in [-0.05, 0) is 49.9 Å². The summed E-state index contributed by atoms with van der Waals surface area (Å²) in [4.78, 5) is 12.1. The Bertz CT molecular complexity index is 493. The topological polar surface area (TPSA) is 58.6 Å². The van der Waals surface area contributed by atoms with E-state index in [0.29, 0.717) is 5.75 Å². The first-order chi connectivity index (χ1) is 10.0. The van der Waals surface area contributed by atoms with E-state index < -0.39 is 5.54 Å². The molecule has 4 heteroatoms. The van der Waals surface area contributed by atoms with Crippen molar-refractivity contribution < 1.29 is 14.6 Å². The molecule has 0 unspecified atom stereocenters. The third-order valence-corrected chi connectivity index (χ3v) is 4.37. The van der Waals surface area contributed by atoms with Crippen LogP contribution in [0, 0.1) is 13.8 Å². The number of ether oxygens (including phenoxy) is 1. The van der Waals surface area contributed by atoms with Gasteiger partial charge in [0, 0.05) is 0 Å². The standard InChI is InChI=1S/C17H25NO3/c1-13-6-7-15(10-14(13)2)21-11-16(20)18-17(12-19)8-4-3-5-9-17/h6-7,10,19H,3-5,8-9,11-12H2,1-2H3,(H,18,20). The maximum Gasteiger partial charge on any atom is 0.258 e. The average Bonchev–Trinajstić information content (AvgIpc) is 2.49. The summed E-state index contributed by atoms with van der Waals surface area (Å²) >= 11 is 0. The molecule has 1 saturated carbocycles. The van der Waals surface area contributed by atoms with E-state index in [1.165, 1.54) is 12.0 Å². The summed E-state index contributed by atoms with van der Waals surface area (Å²) in [6.07, 6.45) is 4.98. The first-order valence-corrected chi connectivity index (χ1v) is 7.67. The van der Waals surface area contributed by atoms with Gasteiger partial charge in [0.2, 0.25) is 0 Å². The molecule has 0 aromatic heterocycles. The van der Waals surface area contributed by atoms with Crippen molar-refractivity contribution in [2.75, 3.05) is 13.2 Å². The number of aliphatic hydroxyl groups excluding tert-OH is 1. The molecule has 116 valence electrons. The zero-order chi connectivity index (χ0) is 15.3. The van der Waals surface area contributed by atoms with Crippen molar-refractivity contribution in [1.29, 1.82) is 0 Å². The molecule has 0 radical (unpaired) electrons. The van der Waals surface area contributed by atoms with E-state index in [1.54, 1.807) is 0 Å². The zero-order valence-corrected chi connectivity index (χ0v) is 12.9. The molecule has 0 heterocycles. The van der Waals surface area contributed by atoms with Gasteiger partial charge < -0.3 is 15.2 Å². The Kier molecular flexibility index (Phi) is 5.23. The number of aliphatic hydroxyl groups is 1. The molecule has 1 amide bonds. The van der Waals surface area contributed by atoms with Gasteiger partial charge in [0.05, 0.1) is 12.1 Å². The van der Waals surface area contributed by atoms with Crippen molar-refractivity contribution in [3.63, 3.8) is 0 Å². The summed E-state index contributed by atoms with van der Waals surface area (Å²) in [5, 5.41) is 12.6. The van der Waals surface area contributed by atoms with Crippen molar-refractivity contribution in [2.45, 2.75) is 51.5 Å². The molecule has 2 rings (SSSR count). The summed E-state index contributed by atoms with van der Waals surface area (Å²) in [5.74, 6) is 0.541. The Morgan fingerprint density at radius 1 is 1.24 bits per heavy atom. The van der Waals surface area contributed by atoms with Crippen LogP contribution in [0.5, 0.6) is 5.75 Å². The third kappa shape index (κ3) is 4.21. The van der Waals surface area contributed by atoms with Gasteiger partial charge in [0.15, 0.2) is 6.61 Å². The van der Waals surface area contributed by atoms with Crippen LogP contribution in [0.1, 0.15) is 43.2 Å². The monoisotopic (exact) mass is 291 g/mol. The summed E-state index contributed by atoms with van der Waals surface area (Å²) in [7, 11) is 0. The second-order valence-corrected chi connectivity index (χ2v) is 6.08. The van der Waals surface area contributed by atoms with Crippen LogP contribution >= 0.6 is 0 Å².